The Hall–Kier alpha value is -2.74. The van der Waals surface area contributed by atoms with E-state index in [-0.39, 0.29) is 17.8 Å². The molecular formula is C23H28N2O5S. The number of aliphatic imine (C=N–C) groups is 1. The van der Waals surface area contributed by atoms with E-state index in [9.17, 15) is 9.59 Å². The highest BCUT2D eigenvalue weighted by molar-refractivity contribution is 8.15. The Balaban J connectivity index is 2.10. The molecule has 0 N–H and O–H groups in total. The van der Waals surface area contributed by atoms with Gasteiger partial charge in [0.2, 0.25) is 5.91 Å². The van der Waals surface area contributed by atoms with Crippen molar-refractivity contribution in [3.63, 3.8) is 0 Å². The van der Waals surface area contributed by atoms with Crippen molar-refractivity contribution in [2.45, 2.75) is 45.4 Å². The molecule has 31 heavy (non-hydrogen) atoms. The quantitative estimate of drug-likeness (QED) is 0.419. The van der Waals surface area contributed by atoms with Gasteiger partial charge in [-0.1, -0.05) is 37.4 Å². The van der Waals surface area contributed by atoms with Crippen LogP contribution in [0.25, 0.3) is 0 Å². The van der Waals surface area contributed by atoms with E-state index >= 15 is 0 Å². The lowest BCUT2D eigenvalue weighted by Crippen LogP contribution is -2.40. The van der Waals surface area contributed by atoms with Gasteiger partial charge in [-0.15, -0.1) is 0 Å². The molecule has 0 aromatic heterocycles. The van der Waals surface area contributed by atoms with Gasteiger partial charge in [0.05, 0.1) is 35.8 Å². The average Bonchev–Trinajstić information content (AvgIpc) is 3.03. The molecule has 0 radical (unpaired) electrons. The maximum Gasteiger partial charge on any atom is 0.338 e. The highest BCUT2D eigenvalue weighted by Crippen LogP contribution is 2.44. The number of fused-ring (bicyclic) bond motifs is 1. The van der Waals surface area contributed by atoms with Gasteiger partial charge in [0.1, 0.15) is 6.61 Å². The highest BCUT2D eigenvalue weighted by Gasteiger charge is 2.46. The topological polar surface area (TPSA) is 77.4 Å². The summed E-state index contributed by atoms with van der Waals surface area (Å²) in [6.07, 6.45) is 2.38. The first kappa shape index (κ1) is 22.9. The number of allylic oxidation sites excluding steroid dienone is 1. The van der Waals surface area contributed by atoms with Gasteiger partial charge in [0.15, 0.2) is 16.7 Å². The molecule has 1 saturated heterocycles. The van der Waals surface area contributed by atoms with Crippen molar-refractivity contribution < 1.29 is 23.8 Å². The summed E-state index contributed by atoms with van der Waals surface area (Å²) in [5.74, 6) is 0.580. The number of carbonyl (C=O) groups is 2. The van der Waals surface area contributed by atoms with Gasteiger partial charge in [-0.05, 0) is 44.9 Å². The van der Waals surface area contributed by atoms with E-state index in [0.29, 0.717) is 41.2 Å². The third-order valence-corrected chi connectivity index (χ3v) is 5.91. The summed E-state index contributed by atoms with van der Waals surface area (Å²) in [4.78, 5) is 32.1. The number of ether oxygens (including phenoxy) is 3. The molecule has 2 unspecified atom stereocenters. The van der Waals surface area contributed by atoms with Crippen LogP contribution in [0, 0.1) is 0 Å². The standard InChI is InChI=1S/C23H28N2O5S/c1-6-11-29-17-10-9-16(13-18(17)28-8-3)20-19(22(27)30-12-7-2)14(4)24-23-25(20)21(26)15(5)31-23/h7,9-10,13,15,20H,2,6,8,11-12H2,1,3-5H3. The van der Waals surface area contributed by atoms with Gasteiger partial charge < -0.3 is 14.2 Å². The first-order valence-electron chi connectivity index (χ1n) is 10.4. The Kier molecular flexibility index (Phi) is 7.43. The lowest BCUT2D eigenvalue weighted by molar-refractivity contribution is -0.139. The molecule has 0 bridgehead atoms. The first-order chi connectivity index (χ1) is 14.9. The largest absolute Gasteiger partial charge is 0.490 e. The number of carbonyl (C=O) groups excluding carboxylic acids is 2. The summed E-state index contributed by atoms with van der Waals surface area (Å²) in [7, 11) is 0. The molecule has 7 nitrogen and oxygen atoms in total. The number of amides is 1. The van der Waals surface area contributed by atoms with Gasteiger partial charge in [0.25, 0.3) is 0 Å². The minimum absolute atomic E-state index is 0.0754. The van der Waals surface area contributed by atoms with Crippen LogP contribution in [0.4, 0.5) is 0 Å². The first-order valence-corrected chi connectivity index (χ1v) is 11.3. The van der Waals surface area contributed by atoms with Gasteiger partial charge in [-0.3, -0.25) is 9.69 Å². The van der Waals surface area contributed by atoms with Crippen LogP contribution in [-0.4, -0.2) is 47.0 Å². The third kappa shape index (κ3) is 4.63. The van der Waals surface area contributed by atoms with Crippen molar-refractivity contribution in [2.75, 3.05) is 19.8 Å². The number of thioether (sulfide) groups is 1. The number of rotatable bonds is 9. The third-order valence-electron chi connectivity index (χ3n) is 4.86. The summed E-state index contributed by atoms with van der Waals surface area (Å²) in [6.45, 7) is 12.2. The number of hydrogen-bond acceptors (Lipinski definition) is 7. The van der Waals surface area contributed by atoms with E-state index in [1.54, 1.807) is 11.8 Å². The number of benzene rings is 1. The molecule has 1 amide bonds. The fourth-order valence-corrected chi connectivity index (χ4v) is 4.51. The van der Waals surface area contributed by atoms with E-state index in [1.165, 1.54) is 17.8 Å². The summed E-state index contributed by atoms with van der Waals surface area (Å²) in [6, 6.07) is 4.85. The molecule has 2 heterocycles. The molecular weight excluding hydrogens is 416 g/mol. The zero-order chi connectivity index (χ0) is 22.5. The van der Waals surface area contributed by atoms with Gasteiger partial charge in [-0.25, -0.2) is 9.79 Å². The Morgan fingerprint density at radius 1 is 1.29 bits per heavy atom. The van der Waals surface area contributed by atoms with Crippen LogP contribution in [0.3, 0.4) is 0 Å². The van der Waals surface area contributed by atoms with E-state index in [0.717, 1.165) is 12.0 Å². The lowest BCUT2D eigenvalue weighted by atomic mass is 9.94. The molecule has 166 valence electrons. The molecule has 2 aliphatic rings. The van der Waals surface area contributed by atoms with E-state index in [2.05, 4.69) is 11.6 Å². The maximum absolute atomic E-state index is 13.0. The molecule has 0 spiro atoms. The molecule has 1 aromatic rings. The number of esters is 1. The second kappa shape index (κ2) is 10.0. The van der Waals surface area contributed by atoms with E-state index in [1.807, 2.05) is 39.0 Å². The predicted octanol–water partition coefficient (Wildman–Crippen LogP) is 4.25. The van der Waals surface area contributed by atoms with Crippen molar-refractivity contribution in [2.24, 2.45) is 4.99 Å². The Labute approximate surface area is 187 Å². The SMILES string of the molecule is C=CCOC(=O)C1=C(C)N=C2SC(C)C(=O)N2C1c1ccc(OCCC)c(OCC)c1. The van der Waals surface area contributed by atoms with Crippen LogP contribution in [0.15, 0.2) is 47.1 Å². The fourth-order valence-electron chi connectivity index (χ4n) is 3.49. The Morgan fingerprint density at radius 3 is 2.74 bits per heavy atom. The van der Waals surface area contributed by atoms with Crippen molar-refractivity contribution in [1.29, 1.82) is 0 Å². The summed E-state index contributed by atoms with van der Waals surface area (Å²) >= 11 is 1.39. The number of nitrogens with zero attached hydrogens (tertiary/aromatic N) is 2. The highest BCUT2D eigenvalue weighted by atomic mass is 32.2. The van der Waals surface area contributed by atoms with Crippen LogP contribution in [0.2, 0.25) is 0 Å². The Bertz CT molecular complexity index is 940. The summed E-state index contributed by atoms with van der Waals surface area (Å²) in [5, 5.41) is 0.306. The fraction of sp³-hybridized carbons (Fsp3) is 0.435. The van der Waals surface area contributed by atoms with Crippen molar-refractivity contribution in [3.05, 3.63) is 47.7 Å². The van der Waals surface area contributed by atoms with Crippen LogP contribution < -0.4 is 9.47 Å². The Morgan fingerprint density at radius 2 is 2.06 bits per heavy atom. The monoisotopic (exact) mass is 444 g/mol. The molecule has 3 rings (SSSR count). The normalized spacial score (nSPS) is 20.3. The molecule has 2 aliphatic heterocycles. The molecule has 0 saturated carbocycles. The predicted molar refractivity (Wildman–Crippen MR) is 121 cm³/mol. The molecule has 8 heteroatoms. The van der Waals surface area contributed by atoms with E-state index < -0.39 is 12.0 Å². The minimum Gasteiger partial charge on any atom is -0.490 e. The van der Waals surface area contributed by atoms with Crippen LogP contribution in [0.1, 0.15) is 45.7 Å². The molecule has 1 aromatic carbocycles. The average molecular weight is 445 g/mol. The second-order valence-electron chi connectivity index (χ2n) is 7.14. The lowest BCUT2D eigenvalue weighted by Gasteiger charge is -2.33. The number of amidine groups is 1. The van der Waals surface area contributed by atoms with Crippen LogP contribution in [0.5, 0.6) is 11.5 Å². The number of hydrogen-bond donors (Lipinski definition) is 0. The van der Waals surface area contributed by atoms with Crippen molar-refractivity contribution in [3.8, 4) is 11.5 Å². The van der Waals surface area contributed by atoms with Crippen LogP contribution >= 0.6 is 11.8 Å². The smallest absolute Gasteiger partial charge is 0.338 e. The van der Waals surface area contributed by atoms with E-state index in [4.69, 9.17) is 14.2 Å². The zero-order valence-electron chi connectivity index (χ0n) is 18.3. The zero-order valence-corrected chi connectivity index (χ0v) is 19.2. The maximum atomic E-state index is 13.0. The second-order valence-corrected chi connectivity index (χ2v) is 8.45. The molecule has 1 fully saturated rings. The van der Waals surface area contributed by atoms with Gasteiger partial charge in [0, 0.05) is 0 Å². The molecule has 0 aliphatic carbocycles. The molecule has 2 atom stereocenters. The summed E-state index contributed by atoms with van der Waals surface area (Å²) in [5.41, 5.74) is 1.59. The summed E-state index contributed by atoms with van der Waals surface area (Å²) < 4.78 is 16.9. The minimum atomic E-state index is -0.658. The van der Waals surface area contributed by atoms with Crippen molar-refractivity contribution in [1.82, 2.24) is 4.90 Å². The van der Waals surface area contributed by atoms with Gasteiger partial charge in [-0.2, -0.15) is 0 Å². The van der Waals surface area contributed by atoms with Crippen molar-refractivity contribution >= 4 is 28.8 Å². The van der Waals surface area contributed by atoms with Gasteiger partial charge >= 0.3 is 5.97 Å². The van der Waals surface area contributed by atoms with Crippen LogP contribution in [-0.2, 0) is 14.3 Å².